The molecule has 68 valence electrons. The number of nitrogens with zero attached hydrogens (tertiary/aromatic N) is 1. The van der Waals surface area contributed by atoms with Gasteiger partial charge in [-0.3, -0.25) is 4.98 Å². The summed E-state index contributed by atoms with van der Waals surface area (Å²) in [6, 6.07) is 2.07. The summed E-state index contributed by atoms with van der Waals surface area (Å²) in [5.41, 5.74) is 8.22. The highest BCUT2D eigenvalue weighted by Crippen LogP contribution is 2.23. The molecule has 13 heavy (non-hydrogen) atoms. The zero-order chi connectivity index (χ0) is 9.26. The maximum atomic E-state index is 5.96. The van der Waals surface area contributed by atoms with Crippen LogP contribution in [-0.2, 0) is 0 Å². The van der Waals surface area contributed by atoms with E-state index in [-0.39, 0.29) is 6.04 Å². The molecule has 0 radical (unpaired) electrons. The second-order valence-corrected chi connectivity index (χ2v) is 3.18. The van der Waals surface area contributed by atoms with E-state index >= 15 is 0 Å². The lowest BCUT2D eigenvalue weighted by atomic mass is 10.1. The lowest BCUT2D eigenvalue weighted by Gasteiger charge is -2.05. The third kappa shape index (κ3) is 1.31. The molecular weight excluding hydrogens is 162 g/mol. The number of hydrogen-bond acceptors (Lipinski definition) is 2. The Morgan fingerprint density at radius 3 is 3.23 bits per heavy atom. The van der Waals surface area contributed by atoms with Gasteiger partial charge in [-0.25, -0.2) is 0 Å². The molecule has 0 fully saturated rings. The summed E-state index contributed by atoms with van der Waals surface area (Å²) in [5.74, 6) is 0. The highest BCUT2D eigenvalue weighted by Gasteiger charge is 2.08. The van der Waals surface area contributed by atoms with Crippen molar-refractivity contribution >= 4 is 10.9 Å². The molecule has 0 saturated heterocycles. The maximum absolute atomic E-state index is 5.96. The topological polar surface area (TPSA) is 54.7 Å². The minimum absolute atomic E-state index is 0.109. The summed E-state index contributed by atoms with van der Waals surface area (Å²) in [6.45, 7) is 2.08. The lowest BCUT2D eigenvalue weighted by Crippen LogP contribution is -2.07. The number of pyridine rings is 1. The highest BCUT2D eigenvalue weighted by molar-refractivity contribution is 5.82. The molecule has 1 unspecified atom stereocenters. The first-order valence-corrected chi connectivity index (χ1v) is 4.49. The van der Waals surface area contributed by atoms with Crippen molar-refractivity contribution in [3.8, 4) is 0 Å². The quantitative estimate of drug-likeness (QED) is 0.733. The number of aromatic amines is 1. The van der Waals surface area contributed by atoms with E-state index in [0.717, 1.165) is 22.9 Å². The predicted octanol–water partition coefficient (Wildman–Crippen LogP) is 1.97. The lowest BCUT2D eigenvalue weighted by molar-refractivity contribution is 0.704. The van der Waals surface area contributed by atoms with E-state index in [4.69, 9.17) is 5.73 Å². The highest BCUT2D eigenvalue weighted by atomic mass is 14.7. The van der Waals surface area contributed by atoms with E-state index in [0.29, 0.717) is 0 Å². The first-order valence-electron chi connectivity index (χ1n) is 4.49. The zero-order valence-corrected chi connectivity index (χ0v) is 7.62. The molecule has 0 bridgehead atoms. The van der Waals surface area contributed by atoms with Crippen molar-refractivity contribution in [1.82, 2.24) is 9.97 Å². The van der Waals surface area contributed by atoms with E-state index in [9.17, 15) is 0 Å². The van der Waals surface area contributed by atoms with Gasteiger partial charge in [0.2, 0.25) is 0 Å². The van der Waals surface area contributed by atoms with Crippen molar-refractivity contribution in [2.75, 3.05) is 0 Å². The molecule has 0 amide bonds. The average Bonchev–Trinajstić information content (AvgIpc) is 2.60. The largest absolute Gasteiger partial charge is 0.361 e. The van der Waals surface area contributed by atoms with Crippen molar-refractivity contribution in [3.05, 3.63) is 30.2 Å². The molecule has 0 aliphatic carbocycles. The molecule has 0 aromatic carbocycles. The van der Waals surface area contributed by atoms with Crippen LogP contribution in [0.2, 0.25) is 0 Å². The number of hydrogen-bond donors (Lipinski definition) is 2. The minimum atomic E-state index is 0.109. The Morgan fingerprint density at radius 1 is 1.62 bits per heavy atom. The molecule has 0 aliphatic rings. The molecule has 0 saturated carbocycles. The summed E-state index contributed by atoms with van der Waals surface area (Å²) in [4.78, 5) is 7.27. The third-order valence-corrected chi connectivity index (χ3v) is 2.35. The van der Waals surface area contributed by atoms with Crippen LogP contribution >= 0.6 is 0 Å². The van der Waals surface area contributed by atoms with Crippen LogP contribution < -0.4 is 5.73 Å². The van der Waals surface area contributed by atoms with Gasteiger partial charge in [-0.05, 0) is 18.1 Å². The Morgan fingerprint density at radius 2 is 2.46 bits per heavy atom. The molecule has 2 aromatic rings. The van der Waals surface area contributed by atoms with Gasteiger partial charge in [-0.2, -0.15) is 0 Å². The Labute approximate surface area is 77.0 Å². The summed E-state index contributed by atoms with van der Waals surface area (Å²) >= 11 is 0. The number of fused-ring (bicyclic) bond motifs is 1. The van der Waals surface area contributed by atoms with Gasteiger partial charge in [0.1, 0.15) is 0 Å². The van der Waals surface area contributed by atoms with Crippen LogP contribution in [-0.4, -0.2) is 9.97 Å². The van der Waals surface area contributed by atoms with Crippen molar-refractivity contribution in [2.24, 2.45) is 5.73 Å². The van der Waals surface area contributed by atoms with Crippen LogP contribution in [0.5, 0.6) is 0 Å². The SMILES string of the molecule is CCC(N)c1c[nH]c2ccncc12. The molecule has 2 rings (SSSR count). The number of nitrogens with one attached hydrogen (secondary N) is 1. The smallest absolute Gasteiger partial charge is 0.0488 e. The summed E-state index contributed by atoms with van der Waals surface area (Å²) in [5, 5.41) is 1.14. The molecule has 3 N–H and O–H groups in total. The summed E-state index contributed by atoms with van der Waals surface area (Å²) in [6.07, 6.45) is 6.55. The first kappa shape index (κ1) is 8.26. The normalized spacial score (nSPS) is 13.4. The van der Waals surface area contributed by atoms with Crippen molar-refractivity contribution < 1.29 is 0 Å². The van der Waals surface area contributed by atoms with Gasteiger partial charge >= 0.3 is 0 Å². The standard InChI is InChI=1S/C10H13N3/c1-2-9(11)7-6-13-10-3-4-12-5-8(7)10/h3-6,9,13H,2,11H2,1H3. The molecule has 3 nitrogen and oxygen atoms in total. The second-order valence-electron chi connectivity index (χ2n) is 3.18. The van der Waals surface area contributed by atoms with E-state index in [1.54, 1.807) is 6.20 Å². The first-order chi connectivity index (χ1) is 6.33. The molecule has 1 atom stereocenters. The van der Waals surface area contributed by atoms with Crippen LogP contribution in [0.1, 0.15) is 24.9 Å². The fourth-order valence-electron chi connectivity index (χ4n) is 1.51. The van der Waals surface area contributed by atoms with Gasteiger partial charge in [0.15, 0.2) is 0 Å². The summed E-state index contributed by atoms with van der Waals surface area (Å²) in [7, 11) is 0. The van der Waals surface area contributed by atoms with Crippen molar-refractivity contribution in [1.29, 1.82) is 0 Å². The molecule has 0 aliphatic heterocycles. The number of rotatable bonds is 2. The van der Waals surface area contributed by atoms with Gasteiger partial charge < -0.3 is 10.7 Å². The molecular formula is C10H13N3. The number of aromatic nitrogens is 2. The minimum Gasteiger partial charge on any atom is -0.361 e. The second kappa shape index (κ2) is 3.18. The fourth-order valence-corrected chi connectivity index (χ4v) is 1.51. The third-order valence-electron chi connectivity index (χ3n) is 2.35. The monoisotopic (exact) mass is 175 g/mol. The van der Waals surface area contributed by atoms with Crippen LogP contribution in [0, 0.1) is 0 Å². The molecule has 0 spiro atoms. The van der Waals surface area contributed by atoms with Crippen LogP contribution in [0.25, 0.3) is 10.9 Å². The van der Waals surface area contributed by atoms with E-state index in [2.05, 4.69) is 16.9 Å². The van der Waals surface area contributed by atoms with Crippen molar-refractivity contribution in [2.45, 2.75) is 19.4 Å². The Hall–Kier alpha value is -1.35. The Kier molecular flexibility index (Phi) is 2.02. The van der Waals surface area contributed by atoms with E-state index < -0.39 is 0 Å². The zero-order valence-electron chi connectivity index (χ0n) is 7.62. The molecule has 2 heterocycles. The average molecular weight is 175 g/mol. The van der Waals surface area contributed by atoms with E-state index in [1.807, 2.05) is 18.5 Å². The van der Waals surface area contributed by atoms with E-state index in [1.165, 1.54) is 0 Å². The molecule has 2 aromatic heterocycles. The van der Waals surface area contributed by atoms with Gasteiger partial charge in [0, 0.05) is 35.5 Å². The summed E-state index contributed by atoms with van der Waals surface area (Å²) < 4.78 is 0. The van der Waals surface area contributed by atoms with Gasteiger partial charge in [-0.15, -0.1) is 0 Å². The fraction of sp³-hybridized carbons (Fsp3) is 0.300. The van der Waals surface area contributed by atoms with Gasteiger partial charge in [-0.1, -0.05) is 6.92 Å². The van der Waals surface area contributed by atoms with Crippen LogP contribution in [0.15, 0.2) is 24.7 Å². The van der Waals surface area contributed by atoms with Gasteiger partial charge in [0.05, 0.1) is 0 Å². The Bertz CT molecular complexity index is 405. The van der Waals surface area contributed by atoms with Crippen LogP contribution in [0.3, 0.4) is 0 Å². The number of H-pyrrole nitrogens is 1. The van der Waals surface area contributed by atoms with Crippen LogP contribution in [0.4, 0.5) is 0 Å². The molecule has 3 heteroatoms. The number of nitrogens with two attached hydrogens (primary N) is 1. The van der Waals surface area contributed by atoms with Gasteiger partial charge in [0.25, 0.3) is 0 Å². The maximum Gasteiger partial charge on any atom is 0.0488 e. The predicted molar refractivity (Wildman–Crippen MR) is 53.3 cm³/mol. The van der Waals surface area contributed by atoms with Crippen molar-refractivity contribution in [3.63, 3.8) is 0 Å². The Balaban J connectivity index is 2.57.